The number of nitrogens with one attached hydrogen (secondary N) is 1. The van der Waals surface area contributed by atoms with Gasteiger partial charge in [0.2, 0.25) is 0 Å². The molecule has 0 spiro atoms. The van der Waals surface area contributed by atoms with Gasteiger partial charge < -0.3 is 4.42 Å². The molecule has 2 heterocycles. The van der Waals surface area contributed by atoms with Crippen LogP contribution in [-0.2, 0) is 5.41 Å². The summed E-state index contributed by atoms with van der Waals surface area (Å²) in [7, 11) is 0. The summed E-state index contributed by atoms with van der Waals surface area (Å²) in [5, 5.41) is 11.5. The third-order valence-corrected chi connectivity index (χ3v) is 4.82. The fourth-order valence-electron chi connectivity index (χ4n) is 2.39. The maximum atomic E-state index is 12.3. The van der Waals surface area contributed by atoms with E-state index in [0.717, 1.165) is 15.6 Å². The predicted molar refractivity (Wildman–Crippen MR) is 98.0 cm³/mol. The lowest BCUT2D eigenvalue weighted by atomic mass is 9.87. The van der Waals surface area contributed by atoms with E-state index in [9.17, 15) is 4.79 Å². The van der Waals surface area contributed by atoms with Crippen LogP contribution in [-0.4, -0.2) is 21.1 Å². The first-order valence-electron chi connectivity index (χ1n) is 7.94. The van der Waals surface area contributed by atoms with Crippen LogP contribution in [0.2, 0.25) is 0 Å². The van der Waals surface area contributed by atoms with Crippen LogP contribution in [0.1, 0.15) is 47.4 Å². The fourth-order valence-corrected chi connectivity index (χ4v) is 3.23. The van der Waals surface area contributed by atoms with Crippen molar-refractivity contribution in [3.63, 3.8) is 0 Å². The molecule has 0 radical (unpaired) electrons. The topological polar surface area (TPSA) is 80.9 Å². The molecule has 0 saturated carbocycles. The molecule has 0 atom stereocenters. The minimum atomic E-state index is -0.284. The van der Waals surface area contributed by atoms with E-state index in [2.05, 4.69) is 41.3 Å². The summed E-state index contributed by atoms with van der Waals surface area (Å²) in [5.41, 5.74) is 2.58. The van der Waals surface area contributed by atoms with Gasteiger partial charge in [-0.25, -0.2) is 4.98 Å². The van der Waals surface area contributed by atoms with Gasteiger partial charge in [0.1, 0.15) is 4.88 Å². The van der Waals surface area contributed by atoms with Crippen molar-refractivity contribution in [2.24, 2.45) is 0 Å². The summed E-state index contributed by atoms with van der Waals surface area (Å²) < 4.78 is 5.55. The number of amides is 1. The average molecular weight is 356 g/mol. The van der Waals surface area contributed by atoms with Gasteiger partial charge >= 0.3 is 6.01 Å². The molecule has 0 bridgehead atoms. The van der Waals surface area contributed by atoms with Crippen LogP contribution in [0.4, 0.5) is 6.01 Å². The number of anilines is 1. The molecule has 0 fully saturated rings. The van der Waals surface area contributed by atoms with Crippen LogP contribution in [0.3, 0.4) is 0 Å². The minimum absolute atomic E-state index is 0.0428. The molecule has 6 nitrogen and oxygen atoms in total. The predicted octanol–water partition coefficient (Wildman–Crippen LogP) is 4.36. The maximum Gasteiger partial charge on any atom is 0.322 e. The molecule has 7 heteroatoms. The van der Waals surface area contributed by atoms with Crippen molar-refractivity contribution in [3.8, 4) is 10.8 Å². The molecular formula is C18H20N4O2S. The van der Waals surface area contributed by atoms with E-state index in [0.29, 0.717) is 11.5 Å². The first kappa shape index (κ1) is 17.3. The molecule has 3 rings (SSSR count). The van der Waals surface area contributed by atoms with Crippen LogP contribution in [0, 0.1) is 13.8 Å². The Balaban J connectivity index is 1.74. The second-order valence-corrected chi connectivity index (χ2v) is 8.04. The Morgan fingerprint density at radius 3 is 2.36 bits per heavy atom. The van der Waals surface area contributed by atoms with Gasteiger partial charge in [0.15, 0.2) is 0 Å². The molecule has 1 N–H and O–H groups in total. The summed E-state index contributed by atoms with van der Waals surface area (Å²) in [6.45, 7) is 10.2. The van der Waals surface area contributed by atoms with Gasteiger partial charge in [0.05, 0.1) is 10.7 Å². The van der Waals surface area contributed by atoms with Gasteiger partial charge in [0.25, 0.3) is 11.8 Å². The van der Waals surface area contributed by atoms with Crippen molar-refractivity contribution >= 4 is 23.3 Å². The summed E-state index contributed by atoms with van der Waals surface area (Å²) in [5.74, 6) is 0.0781. The molecule has 3 aromatic rings. The highest BCUT2D eigenvalue weighted by Gasteiger charge is 2.18. The summed E-state index contributed by atoms with van der Waals surface area (Å²) in [6.07, 6.45) is 0. The lowest BCUT2D eigenvalue weighted by molar-refractivity contribution is 0.102. The highest BCUT2D eigenvalue weighted by Crippen LogP contribution is 2.29. The van der Waals surface area contributed by atoms with E-state index in [-0.39, 0.29) is 17.3 Å². The van der Waals surface area contributed by atoms with E-state index in [1.807, 2.05) is 26.0 Å². The van der Waals surface area contributed by atoms with Crippen molar-refractivity contribution in [2.45, 2.75) is 40.0 Å². The van der Waals surface area contributed by atoms with E-state index in [4.69, 9.17) is 4.42 Å². The lowest BCUT2D eigenvalue weighted by Crippen LogP contribution is -2.14. The van der Waals surface area contributed by atoms with E-state index >= 15 is 0 Å². The van der Waals surface area contributed by atoms with Crippen molar-refractivity contribution in [1.82, 2.24) is 15.2 Å². The largest absolute Gasteiger partial charge is 0.402 e. The molecule has 0 saturated heterocycles. The number of rotatable bonds is 3. The van der Waals surface area contributed by atoms with Gasteiger partial charge in [-0.05, 0) is 37.0 Å². The van der Waals surface area contributed by atoms with Crippen LogP contribution in [0.5, 0.6) is 0 Å². The van der Waals surface area contributed by atoms with E-state index in [1.54, 1.807) is 12.1 Å². The molecule has 1 aromatic carbocycles. The first-order chi connectivity index (χ1) is 11.7. The Bertz CT molecular complexity index is 904. The Kier molecular flexibility index (Phi) is 4.43. The number of hydrogen-bond acceptors (Lipinski definition) is 6. The normalized spacial score (nSPS) is 11.6. The molecule has 25 heavy (non-hydrogen) atoms. The zero-order valence-corrected chi connectivity index (χ0v) is 15.7. The van der Waals surface area contributed by atoms with Crippen LogP contribution in [0.15, 0.2) is 28.7 Å². The van der Waals surface area contributed by atoms with Crippen molar-refractivity contribution in [3.05, 3.63) is 46.1 Å². The zero-order valence-electron chi connectivity index (χ0n) is 14.9. The van der Waals surface area contributed by atoms with Crippen LogP contribution in [0.25, 0.3) is 10.8 Å². The number of carbonyl (C=O) groups excluding carboxylic acids is 1. The molecular weight excluding hydrogens is 336 g/mol. The highest BCUT2D eigenvalue weighted by molar-refractivity contribution is 7.15. The van der Waals surface area contributed by atoms with Crippen molar-refractivity contribution < 1.29 is 9.21 Å². The number of carbonyl (C=O) groups is 1. The Labute approximate surface area is 150 Å². The molecule has 0 aliphatic heterocycles. The SMILES string of the molecule is Cc1nc(C)c(-c2nnc(NC(=O)c3ccc(C(C)(C)C)cc3)o2)s1. The second kappa shape index (κ2) is 6.40. The molecule has 1 amide bonds. The van der Waals surface area contributed by atoms with Gasteiger partial charge in [-0.1, -0.05) is 38.0 Å². The number of thiazole rings is 1. The quantitative estimate of drug-likeness (QED) is 0.754. The molecule has 0 aliphatic carbocycles. The Morgan fingerprint density at radius 1 is 1.12 bits per heavy atom. The van der Waals surface area contributed by atoms with E-state index in [1.165, 1.54) is 16.9 Å². The Hall–Kier alpha value is -2.54. The first-order valence-corrected chi connectivity index (χ1v) is 8.75. The lowest BCUT2D eigenvalue weighted by Gasteiger charge is -2.18. The van der Waals surface area contributed by atoms with Gasteiger partial charge in [-0.3, -0.25) is 10.1 Å². The van der Waals surface area contributed by atoms with Crippen LogP contribution >= 0.6 is 11.3 Å². The summed E-state index contributed by atoms with van der Waals surface area (Å²) >= 11 is 1.48. The van der Waals surface area contributed by atoms with E-state index < -0.39 is 0 Å². The monoisotopic (exact) mass is 356 g/mol. The highest BCUT2D eigenvalue weighted by atomic mass is 32.1. The molecule has 130 valence electrons. The molecule has 2 aromatic heterocycles. The number of benzene rings is 1. The van der Waals surface area contributed by atoms with Crippen LogP contribution < -0.4 is 5.32 Å². The van der Waals surface area contributed by atoms with Crippen molar-refractivity contribution in [2.75, 3.05) is 5.32 Å². The Morgan fingerprint density at radius 2 is 1.80 bits per heavy atom. The van der Waals surface area contributed by atoms with Gasteiger partial charge in [-0.2, -0.15) is 0 Å². The molecule has 0 aliphatic rings. The number of aryl methyl sites for hydroxylation is 2. The fraction of sp³-hybridized carbons (Fsp3) is 0.333. The smallest absolute Gasteiger partial charge is 0.322 e. The zero-order chi connectivity index (χ0) is 18.2. The summed E-state index contributed by atoms with van der Waals surface area (Å²) in [6, 6.07) is 7.58. The summed E-state index contributed by atoms with van der Waals surface area (Å²) in [4.78, 5) is 17.5. The van der Waals surface area contributed by atoms with Crippen molar-refractivity contribution in [1.29, 1.82) is 0 Å². The minimum Gasteiger partial charge on any atom is -0.402 e. The average Bonchev–Trinajstić information content (AvgIpc) is 3.12. The molecule has 0 unspecified atom stereocenters. The standard InChI is InChI=1S/C18H20N4O2S/c1-10-14(25-11(2)19-10)16-21-22-17(24-16)20-15(23)12-6-8-13(9-7-12)18(3,4)5/h6-9H,1-5H3,(H,20,22,23). The third-order valence-electron chi connectivity index (χ3n) is 3.76. The number of hydrogen-bond donors (Lipinski definition) is 1. The third kappa shape index (κ3) is 3.76. The second-order valence-electron chi connectivity index (χ2n) is 6.84. The number of nitrogens with zero attached hydrogens (tertiary/aromatic N) is 3. The van der Waals surface area contributed by atoms with Gasteiger partial charge in [-0.15, -0.1) is 16.4 Å². The van der Waals surface area contributed by atoms with Gasteiger partial charge in [0, 0.05) is 5.56 Å². The maximum absolute atomic E-state index is 12.3. The number of aromatic nitrogens is 3.